The summed E-state index contributed by atoms with van der Waals surface area (Å²) in [6.07, 6.45) is 0. The van der Waals surface area contributed by atoms with E-state index in [4.69, 9.17) is 5.73 Å². The monoisotopic (exact) mass is 229 g/mol. The Morgan fingerprint density at radius 2 is 1.82 bits per heavy atom. The van der Waals surface area contributed by atoms with Crippen LogP contribution in [0, 0.1) is 12.7 Å². The van der Waals surface area contributed by atoms with Crippen LogP contribution in [0.15, 0.2) is 42.5 Å². The second kappa shape index (κ2) is 4.37. The molecule has 0 aliphatic carbocycles. The van der Waals surface area contributed by atoms with Gasteiger partial charge in [-0.3, -0.25) is 4.79 Å². The van der Waals surface area contributed by atoms with E-state index in [0.29, 0.717) is 11.1 Å². The average molecular weight is 229 g/mol. The van der Waals surface area contributed by atoms with E-state index in [-0.39, 0.29) is 17.0 Å². The zero-order chi connectivity index (χ0) is 12.4. The van der Waals surface area contributed by atoms with Crippen LogP contribution in [-0.4, -0.2) is 5.78 Å². The molecule has 0 heterocycles. The molecule has 0 spiro atoms. The summed E-state index contributed by atoms with van der Waals surface area (Å²) >= 11 is 0. The SMILES string of the molecule is Cc1cc(F)c(N)c(C(=O)c2ccccc2)c1. The van der Waals surface area contributed by atoms with Crippen LogP contribution in [-0.2, 0) is 0 Å². The summed E-state index contributed by atoms with van der Waals surface area (Å²) in [7, 11) is 0. The highest BCUT2D eigenvalue weighted by Gasteiger charge is 2.15. The molecule has 0 aromatic heterocycles. The Hall–Kier alpha value is -2.16. The Labute approximate surface area is 98.9 Å². The second-order valence-electron chi connectivity index (χ2n) is 3.90. The summed E-state index contributed by atoms with van der Waals surface area (Å²) in [4.78, 5) is 12.1. The maximum Gasteiger partial charge on any atom is 0.195 e. The van der Waals surface area contributed by atoms with Crippen molar-refractivity contribution in [2.45, 2.75) is 6.92 Å². The number of carbonyl (C=O) groups excluding carboxylic acids is 1. The molecule has 0 amide bonds. The van der Waals surface area contributed by atoms with Gasteiger partial charge in [-0.05, 0) is 24.6 Å². The van der Waals surface area contributed by atoms with Crippen LogP contribution in [0.1, 0.15) is 21.5 Å². The number of aryl methyl sites for hydroxylation is 1. The van der Waals surface area contributed by atoms with Gasteiger partial charge in [0.05, 0.1) is 5.69 Å². The first-order chi connectivity index (χ1) is 8.09. The lowest BCUT2D eigenvalue weighted by Crippen LogP contribution is -2.07. The molecule has 0 fully saturated rings. The molecule has 2 nitrogen and oxygen atoms in total. The lowest BCUT2D eigenvalue weighted by molar-refractivity contribution is 0.103. The molecule has 0 unspecified atom stereocenters. The second-order valence-corrected chi connectivity index (χ2v) is 3.90. The molecule has 2 N–H and O–H groups in total. The van der Waals surface area contributed by atoms with E-state index >= 15 is 0 Å². The maximum absolute atomic E-state index is 13.4. The minimum atomic E-state index is -0.552. The number of anilines is 1. The molecular weight excluding hydrogens is 217 g/mol. The van der Waals surface area contributed by atoms with Crippen molar-refractivity contribution in [1.82, 2.24) is 0 Å². The highest BCUT2D eigenvalue weighted by atomic mass is 19.1. The Morgan fingerprint density at radius 3 is 2.47 bits per heavy atom. The Morgan fingerprint density at radius 1 is 1.18 bits per heavy atom. The van der Waals surface area contributed by atoms with Crippen molar-refractivity contribution >= 4 is 11.5 Å². The third-order valence-corrected chi connectivity index (χ3v) is 2.55. The van der Waals surface area contributed by atoms with Gasteiger partial charge in [0.15, 0.2) is 5.78 Å². The van der Waals surface area contributed by atoms with E-state index in [2.05, 4.69) is 0 Å². The summed E-state index contributed by atoms with van der Waals surface area (Å²) in [6, 6.07) is 11.6. The lowest BCUT2D eigenvalue weighted by atomic mass is 10.00. The first-order valence-corrected chi connectivity index (χ1v) is 5.25. The molecule has 0 bridgehead atoms. The number of benzene rings is 2. The number of nitrogen functional groups attached to an aromatic ring is 1. The fourth-order valence-corrected chi connectivity index (χ4v) is 1.69. The molecule has 17 heavy (non-hydrogen) atoms. The molecule has 0 radical (unpaired) electrons. The molecule has 0 aliphatic heterocycles. The van der Waals surface area contributed by atoms with Crippen LogP contribution in [0.3, 0.4) is 0 Å². The highest BCUT2D eigenvalue weighted by molar-refractivity contribution is 6.12. The number of nitrogens with two attached hydrogens (primary N) is 1. The van der Waals surface area contributed by atoms with Gasteiger partial charge in [-0.15, -0.1) is 0 Å². The number of ketones is 1. The number of hydrogen-bond donors (Lipinski definition) is 1. The molecule has 0 aliphatic rings. The van der Waals surface area contributed by atoms with Crippen LogP contribution in [0.25, 0.3) is 0 Å². The minimum absolute atomic E-state index is 0.0931. The maximum atomic E-state index is 13.4. The molecule has 3 heteroatoms. The topological polar surface area (TPSA) is 43.1 Å². The standard InChI is InChI=1S/C14H12FNO/c1-9-7-11(13(16)12(15)8-9)14(17)10-5-3-2-4-6-10/h2-8H,16H2,1H3. The molecule has 2 aromatic carbocycles. The lowest BCUT2D eigenvalue weighted by Gasteiger charge is -2.07. The van der Waals surface area contributed by atoms with E-state index in [1.807, 2.05) is 6.07 Å². The summed E-state index contributed by atoms with van der Waals surface area (Å²) in [5.74, 6) is -0.810. The Balaban J connectivity index is 2.52. The van der Waals surface area contributed by atoms with Crippen molar-refractivity contribution in [2.24, 2.45) is 0 Å². The highest BCUT2D eigenvalue weighted by Crippen LogP contribution is 2.21. The predicted molar refractivity (Wildman–Crippen MR) is 65.4 cm³/mol. The molecule has 2 aromatic rings. The molecule has 2 rings (SSSR count). The van der Waals surface area contributed by atoms with Crippen molar-refractivity contribution in [2.75, 3.05) is 5.73 Å². The smallest absolute Gasteiger partial charge is 0.195 e. The first-order valence-electron chi connectivity index (χ1n) is 5.25. The largest absolute Gasteiger partial charge is 0.396 e. The van der Waals surface area contributed by atoms with E-state index in [1.165, 1.54) is 6.07 Å². The van der Waals surface area contributed by atoms with Gasteiger partial charge in [-0.2, -0.15) is 0 Å². The number of carbonyl (C=O) groups is 1. The fourth-order valence-electron chi connectivity index (χ4n) is 1.69. The fraction of sp³-hybridized carbons (Fsp3) is 0.0714. The average Bonchev–Trinajstić information content (AvgIpc) is 2.34. The third kappa shape index (κ3) is 2.18. The van der Waals surface area contributed by atoms with Gasteiger partial charge in [0.1, 0.15) is 5.82 Å². The van der Waals surface area contributed by atoms with Crippen LogP contribution >= 0.6 is 0 Å². The summed E-state index contributed by atoms with van der Waals surface area (Å²) in [5, 5.41) is 0. The zero-order valence-electron chi connectivity index (χ0n) is 9.41. The van der Waals surface area contributed by atoms with Crippen molar-refractivity contribution in [3.63, 3.8) is 0 Å². The van der Waals surface area contributed by atoms with Crippen LogP contribution in [0.2, 0.25) is 0 Å². The molecule has 0 saturated heterocycles. The summed E-state index contributed by atoms with van der Waals surface area (Å²) in [6.45, 7) is 1.73. The van der Waals surface area contributed by atoms with Gasteiger partial charge >= 0.3 is 0 Å². The van der Waals surface area contributed by atoms with E-state index in [9.17, 15) is 9.18 Å². The number of rotatable bonds is 2. The van der Waals surface area contributed by atoms with Crippen molar-refractivity contribution in [3.8, 4) is 0 Å². The van der Waals surface area contributed by atoms with Crippen LogP contribution in [0.5, 0.6) is 0 Å². The third-order valence-electron chi connectivity index (χ3n) is 2.55. The first kappa shape index (κ1) is 11.3. The minimum Gasteiger partial charge on any atom is -0.396 e. The van der Waals surface area contributed by atoms with Crippen molar-refractivity contribution < 1.29 is 9.18 Å². The predicted octanol–water partition coefficient (Wildman–Crippen LogP) is 2.95. The molecular formula is C14H12FNO. The van der Waals surface area contributed by atoms with E-state index in [1.54, 1.807) is 37.3 Å². The van der Waals surface area contributed by atoms with Crippen LogP contribution < -0.4 is 5.73 Å². The molecule has 0 saturated carbocycles. The van der Waals surface area contributed by atoms with Crippen LogP contribution in [0.4, 0.5) is 10.1 Å². The zero-order valence-corrected chi connectivity index (χ0v) is 9.41. The Bertz CT molecular complexity index is 564. The van der Waals surface area contributed by atoms with Gasteiger partial charge in [-0.25, -0.2) is 4.39 Å². The quantitative estimate of drug-likeness (QED) is 0.635. The number of hydrogen-bond acceptors (Lipinski definition) is 2. The Kier molecular flexibility index (Phi) is 2.91. The summed E-state index contributed by atoms with van der Waals surface area (Å²) < 4.78 is 13.4. The summed E-state index contributed by atoms with van der Waals surface area (Å²) in [5.41, 5.74) is 6.90. The van der Waals surface area contributed by atoms with E-state index < -0.39 is 5.82 Å². The van der Waals surface area contributed by atoms with Gasteiger partial charge in [0.2, 0.25) is 0 Å². The van der Waals surface area contributed by atoms with E-state index in [0.717, 1.165) is 0 Å². The van der Waals surface area contributed by atoms with Gasteiger partial charge in [0, 0.05) is 11.1 Å². The van der Waals surface area contributed by atoms with Gasteiger partial charge in [-0.1, -0.05) is 30.3 Å². The van der Waals surface area contributed by atoms with Crippen molar-refractivity contribution in [3.05, 3.63) is 65.0 Å². The molecule has 0 atom stereocenters. The van der Waals surface area contributed by atoms with Gasteiger partial charge in [0.25, 0.3) is 0 Å². The molecule has 86 valence electrons. The van der Waals surface area contributed by atoms with Gasteiger partial charge < -0.3 is 5.73 Å². The van der Waals surface area contributed by atoms with Crippen molar-refractivity contribution in [1.29, 1.82) is 0 Å². The number of halogens is 1. The normalized spacial score (nSPS) is 10.2.